The molecule has 0 saturated heterocycles. The van der Waals surface area contributed by atoms with E-state index in [4.69, 9.17) is 4.42 Å². The van der Waals surface area contributed by atoms with E-state index in [-0.39, 0.29) is 5.91 Å². The standard InChI is InChI=1S/C14H15NO2/c1-2-3-6-9-15-14(16)13-10-11-7-4-5-8-12(11)17-13/h2-5,7-8,10H,6,9H2,1H3,(H,15,16)/b3-2+. The Kier molecular flexibility index (Phi) is 3.60. The second kappa shape index (κ2) is 5.34. The summed E-state index contributed by atoms with van der Waals surface area (Å²) in [5.41, 5.74) is 0.742. The summed E-state index contributed by atoms with van der Waals surface area (Å²) in [7, 11) is 0. The first-order valence-corrected chi connectivity index (χ1v) is 5.69. The molecule has 0 aliphatic rings. The van der Waals surface area contributed by atoms with Crippen LogP contribution < -0.4 is 5.32 Å². The maximum atomic E-state index is 11.7. The minimum absolute atomic E-state index is 0.161. The average Bonchev–Trinajstić information content (AvgIpc) is 2.78. The predicted molar refractivity (Wildman–Crippen MR) is 68.0 cm³/mol. The van der Waals surface area contributed by atoms with Crippen molar-refractivity contribution in [1.82, 2.24) is 5.32 Å². The summed E-state index contributed by atoms with van der Waals surface area (Å²) in [5.74, 6) is 0.206. The fourth-order valence-electron chi connectivity index (χ4n) is 1.62. The molecule has 0 bridgehead atoms. The lowest BCUT2D eigenvalue weighted by molar-refractivity contribution is 0.0929. The van der Waals surface area contributed by atoms with Gasteiger partial charge in [-0.3, -0.25) is 4.79 Å². The van der Waals surface area contributed by atoms with Crippen LogP contribution in [0.5, 0.6) is 0 Å². The number of carbonyl (C=O) groups is 1. The highest BCUT2D eigenvalue weighted by molar-refractivity contribution is 5.95. The highest BCUT2D eigenvalue weighted by Gasteiger charge is 2.10. The third-order valence-electron chi connectivity index (χ3n) is 2.48. The molecule has 1 amide bonds. The van der Waals surface area contributed by atoms with Crippen LogP contribution in [0.4, 0.5) is 0 Å². The van der Waals surface area contributed by atoms with Crippen LogP contribution >= 0.6 is 0 Å². The van der Waals surface area contributed by atoms with Crippen molar-refractivity contribution >= 4 is 16.9 Å². The number of rotatable bonds is 4. The molecule has 0 radical (unpaired) electrons. The van der Waals surface area contributed by atoms with Crippen molar-refractivity contribution < 1.29 is 9.21 Å². The maximum Gasteiger partial charge on any atom is 0.287 e. The number of amides is 1. The van der Waals surface area contributed by atoms with Gasteiger partial charge in [-0.05, 0) is 25.5 Å². The minimum Gasteiger partial charge on any atom is -0.451 e. The van der Waals surface area contributed by atoms with E-state index in [1.54, 1.807) is 6.07 Å². The molecule has 0 aliphatic heterocycles. The van der Waals surface area contributed by atoms with Crippen molar-refractivity contribution in [3.63, 3.8) is 0 Å². The molecule has 1 aromatic carbocycles. The van der Waals surface area contributed by atoms with Crippen LogP contribution in [-0.4, -0.2) is 12.5 Å². The molecular weight excluding hydrogens is 214 g/mol. The molecule has 17 heavy (non-hydrogen) atoms. The topological polar surface area (TPSA) is 42.2 Å². The Bertz CT molecular complexity index is 507. The molecule has 0 saturated carbocycles. The fraction of sp³-hybridized carbons (Fsp3) is 0.214. The molecule has 88 valence electrons. The average molecular weight is 229 g/mol. The number of carbonyl (C=O) groups excluding carboxylic acids is 1. The molecule has 1 N–H and O–H groups in total. The lowest BCUT2D eigenvalue weighted by Crippen LogP contribution is -2.23. The van der Waals surface area contributed by atoms with Gasteiger partial charge in [0.25, 0.3) is 5.91 Å². The van der Waals surface area contributed by atoms with Gasteiger partial charge in [0.1, 0.15) is 5.58 Å². The van der Waals surface area contributed by atoms with Crippen molar-refractivity contribution in [2.75, 3.05) is 6.54 Å². The summed E-state index contributed by atoms with van der Waals surface area (Å²) in [6.07, 6.45) is 4.81. The van der Waals surface area contributed by atoms with Crippen LogP contribution in [0.1, 0.15) is 23.9 Å². The minimum atomic E-state index is -0.161. The smallest absolute Gasteiger partial charge is 0.287 e. The van der Waals surface area contributed by atoms with E-state index < -0.39 is 0 Å². The maximum absolute atomic E-state index is 11.7. The Labute approximate surface area is 100 Å². The Balaban J connectivity index is 2.03. The first kappa shape index (κ1) is 11.5. The molecule has 3 nitrogen and oxygen atoms in total. The van der Waals surface area contributed by atoms with Gasteiger partial charge in [0.2, 0.25) is 0 Å². The zero-order chi connectivity index (χ0) is 12.1. The summed E-state index contributed by atoms with van der Waals surface area (Å²) in [6, 6.07) is 9.35. The molecule has 2 aromatic rings. The third kappa shape index (κ3) is 2.75. The molecule has 0 atom stereocenters. The number of para-hydroxylation sites is 1. The third-order valence-corrected chi connectivity index (χ3v) is 2.48. The van der Waals surface area contributed by atoms with Crippen molar-refractivity contribution in [2.24, 2.45) is 0 Å². The first-order valence-electron chi connectivity index (χ1n) is 5.69. The van der Waals surface area contributed by atoms with Crippen molar-refractivity contribution in [3.8, 4) is 0 Å². The van der Waals surface area contributed by atoms with Gasteiger partial charge in [0, 0.05) is 11.9 Å². The summed E-state index contributed by atoms with van der Waals surface area (Å²) in [6.45, 7) is 2.58. The number of hydrogen-bond acceptors (Lipinski definition) is 2. The Morgan fingerprint density at radius 3 is 3.00 bits per heavy atom. The van der Waals surface area contributed by atoms with Crippen molar-refractivity contribution in [1.29, 1.82) is 0 Å². The van der Waals surface area contributed by atoms with Gasteiger partial charge in [-0.2, -0.15) is 0 Å². The molecule has 2 rings (SSSR count). The Morgan fingerprint density at radius 1 is 1.41 bits per heavy atom. The van der Waals surface area contributed by atoms with Crippen LogP contribution in [0, 0.1) is 0 Å². The number of hydrogen-bond donors (Lipinski definition) is 1. The van der Waals surface area contributed by atoms with Gasteiger partial charge in [-0.1, -0.05) is 30.4 Å². The van der Waals surface area contributed by atoms with Gasteiger partial charge >= 0.3 is 0 Å². The van der Waals surface area contributed by atoms with E-state index in [9.17, 15) is 4.79 Å². The summed E-state index contributed by atoms with van der Waals surface area (Å²) in [5, 5.41) is 3.76. The van der Waals surface area contributed by atoms with Crippen LogP contribution in [0.3, 0.4) is 0 Å². The molecule has 0 aliphatic carbocycles. The van der Waals surface area contributed by atoms with Gasteiger partial charge < -0.3 is 9.73 Å². The van der Waals surface area contributed by atoms with Crippen LogP contribution in [-0.2, 0) is 0 Å². The number of benzene rings is 1. The van der Waals surface area contributed by atoms with E-state index in [0.717, 1.165) is 17.4 Å². The predicted octanol–water partition coefficient (Wildman–Crippen LogP) is 3.13. The number of nitrogens with one attached hydrogen (secondary N) is 1. The molecule has 1 aromatic heterocycles. The summed E-state index contributed by atoms with van der Waals surface area (Å²) >= 11 is 0. The van der Waals surface area contributed by atoms with Gasteiger partial charge in [0.05, 0.1) is 0 Å². The highest BCUT2D eigenvalue weighted by Crippen LogP contribution is 2.18. The molecule has 1 heterocycles. The van der Waals surface area contributed by atoms with Gasteiger partial charge in [-0.15, -0.1) is 0 Å². The zero-order valence-corrected chi connectivity index (χ0v) is 9.77. The normalized spacial score (nSPS) is 11.1. The lowest BCUT2D eigenvalue weighted by Gasteiger charge is -1.99. The number of furan rings is 1. The van der Waals surface area contributed by atoms with E-state index >= 15 is 0 Å². The van der Waals surface area contributed by atoms with Crippen molar-refractivity contribution in [2.45, 2.75) is 13.3 Å². The Morgan fingerprint density at radius 2 is 2.24 bits per heavy atom. The van der Waals surface area contributed by atoms with E-state index in [1.165, 1.54) is 0 Å². The molecule has 0 fully saturated rings. The second-order valence-electron chi connectivity index (χ2n) is 3.76. The number of allylic oxidation sites excluding steroid dienone is 1. The quantitative estimate of drug-likeness (QED) is 0.646. The molecule has 0 unspecified atom stereocenters. The van der Waals surface area contributed by atoms with Crippen LogP contribution in [0.25, 0.3) is 11.0 Å². The largest absolute Gasteiger partial charge is 0.451 e. The Hall–Kier alpha value is -2.03. The first-order chi connectivity index (χ1) is 8.31. The lowest BCUT2D eigenvalue weighted by atomic mass is 10.2. The zero-order valence-electron chi connectivity index (χ0n) is 9.77. The van der Waals surface area contributed by atoms with Gasteiger partial charge in [-0.25, -0.2) is 0 Å². The molecule has 3 heteroatoms. The van der Waals surface area contributed by atoms with Crippen LogP contribution in [0.2, 0.25) is 0 Å². The van der Waals surface area contributed by atoms with E-state index in [1.807, 2.05) is 43.3 Å². The summed E-state index contributed by atoms with van der Waals surface area (Å²) < 4.78 is 5.46. The molecule has 0 spiro atoms. The van der Waals surface area contributed by atoms with E-state index in [2.05, 4.69) is 5.32 Å². The number of fused-ring (bicyclic) bond motifs is 1. The molecular formula is C14H15NO2. The van der Waals surface area contributed by atoms with E-state index in [0.29, 0.717) is 12.3 Å². The van der Waals surface area contributed by atoms with Gasteiger partial charge in [0.15, 0.2) is 5.76 Å². The van der Waals surface area contributed by atoms with Crippen molar-refractivity contribution in [3.05, 3.63) is 48.2 Å². The van der Waals surface area contributed by atoms with Crippen LogP contribution in [0.15, 0.2) is 46.9 Å². The fourth-order valence-corrected chi connectivity index (χ4v) is 1.62. The second-order valence-corrected chi connectivity index (χ2v) is 3.76. The summed E-state index contributed by atoms with van der Waals surface area (Å²) in [4.78, 5) is 11.7. The monoisotopic (exact) mass is 229 g/mol. The highest BCUT2D eigenvalue weighted by atomic mass is 16.3. The SMILES string of the molecule is C/C=C/CCNC(=O)c1cc2ccccc2o1.